The summed E-state index contributed by atoms with van der Waals surface area (Å²) < 4.78 is 0. The minimum absolute atomic E-state index is 0.175. The van der Waals surface area contributed by atoms with Gasteiger partial charge in [-0.3, -0.25) is 28.9 Å². The summed E-state index contributed by atoms with van der Waals surface area (Å²) in [4.78, 5) is 67.6. The minimum Gasteiger partial charge on any atom is -0.357 e. The first-order valence-electron chi connectivity index (χ1n) is 14.2. The second-order valence-electron chi connectivity index (χ2n) is 10.9. The highest BCUT2D eigenvalue weighted by Crippen LogP contribution is 2.24. The average Bonchev–Trinajstić information content (AvgIpc) is 3.13. The van der Waals surface area contributed by atoms with E-state index in [-0.39, 0.29) is 42.0 Å². The highest BCUT2D eigenvalue weighted by molar-refractivity contribution is 7.81. The molecule has 0 radical (unpaired) electrons. The summed E-state index contributed by atoms with van der Waals surface area (Å²) in [6.07, 6.45) is 3.12. The lowest BCUT2D eigenvalue weighted by atomic mass is 10.00. The van der Waals surface area contributed by atoms with Gasteiger partial charge in [0.2, 0.25) is 17.7 Å². The minimum atomic E-state index is -0.754. The molecular weight excluding hydrogens is 540 g/mol. The number of hydrogen-bond donors (Lipinski definition) is 3. The van der Waals surface area contributed by atoms with Crippen molar-refractivity contribution >= 4 is 42.2 Å². The molecule has 1 fully saturated rings. The smallest absolute Gasteiger partial charge is 0.261 e. The number of benzene rings is 2. The second-order valence-corrected chi connectivity index (χ2v) is 11.5. The number of hydrogen-bond acceptors (Lipinski definition) is 6. The molecule has 0 unspecified atom stereocenters. The van der Waals surface area contributed by atoms with Crippen molar-refractivity contribution in [1.29, 1.82) is 0 Å². The third-order valence-corrected chi connectivity index (χ3v) is 8.38. The second kappa shape index (κ2) is 13.8. The van der Waals surface area contributed by atoms with Crippen LogP contribution in [0.2, 0.25) is 0 Å². The zero-order chi connectivity index (χ0) is 29.5. The quantitative estimate of drug-likeness (QED) is 0.216. The van der Waals surface area contributed by atoms with E-state index in [2.05, 4.69) is 23.3 Å². The first-order valence-corrected chi connectivity index (χ1v) is 14.7. The normalized spacial score (nSPS) is 20.3. The molecule has 2 aliphatic heterocycles. The van der Waals surface area contributed by atoms with Gasteiger partial charge in [0.15, 0.2) is 0 Å². The summed E-state index contributed by atoms with van der Waals surface area (Å²) in [6.45, 7) is 2.74. The molecule has 2 aromatic carbocycles. The number of rotatable bonds is 11. The molecule has 41 heavy (non-hydrogen) atoms. The Hall–Kier alpha value is -3.66. The molecule has 0 saturated carbocycles. The summed E-state index contributed by atoms with van der Waals surface area (Å²) >= 11 is 4.49. The fourth-order valence-electron chi connectivity index (χ4n) is 5.52. The van der Waals surface area contributed by atoms with Crippen molar-refractivity contribution in [3.05, 3.63) is 71.3 Å². The molecule has 4 rings (SSSR count). The van der Waals surface area contributed by atoms with Crippen LogP contribution < -0.4 is 10.6 Å². The zero-order valence-electron chi connectivity index (χ0n) is 23.5. The van der Waals surface area contributed by atoms with E-state index in [1.54, 1.807) is 36.2 Å². The van der Waals surface area contributed by atoms with Gasteiger partial charge in [0.25, 0.3) is 11.8 Å². The highest BCUT2D eigenvalue weighted by atomic mass is 32.1. The van der Waals surface area contributed by atoms with Crippen molar-refractivity contribution < 1.29 is 24.0 Å². The van der Waals surface area contributed by atoms with E-state index in [4.69, 9.17) is 0 Å². The predicted octanol–water partition coefficient (Wildman–Crippen LogP) is 2.85. The molecule has 0 aromatic heterocycles. The first kappa shape index (κ1) is 30.3. The number of likely N-dealkylation sites (N-methyl/N-ethyl adjacent to an activating group) is 1. The first-order chi connectivity index (χ1) is 19.7. The summed E-state index contributed by atoms with van der Waals surface area (Å²) in [5, 5.41) is 4.93. The van der Waals surface area contributed by atoms with E-state index in [1.165, 1.54) is 4.90 Å². The molecule has 2 aromatic rings. The number of carbonyl (C=O) groups is 5. The maximum atomic E-state index is 13.7. The summed E-state index contributed by atoms with van der Waals surface area (Å²) in [5.74, 6) is -1.27. The van der Waals surface area contributed by atoms with Crippen molar-refractivity contribution in [2.75, 3.05) is 20.1 Å². The molecule has 9 nitrogen and oxygen atoms in total. The molecule has 4 atom stereocenters. The number of carbonyl (C=O) groups excluding carboxylic acids is 5. The van der Waals surface area contributed by atoms with Crippen molar-refractivity contribution in [2.24, 2.45) is 5.92 Å². The van der Waals surface area contributed by atoms with E-state index in [9.17, 15) is 24.0 Å². The lowest BCUT2D eigenvalue weighted by Crippen LogP contribution is -2.56. The van der Waals surface area contributed by atoms with Gasteiger partial charge in [-0.1, -0.05) is 55.8 Å². The van der Waals surface area contributed by atoms with Crippen LogP contribution >= 0.6 is 12.6 Å². The Labute approximate surface area is 246 Å². The van der Waals surface area contributed by atoms with Gasteiger partial charge in [-0.2, -0.15) is 12.6 Å². The van der Waals surface area contributed by atoms with Gasteiger partial charge in [-0.05, 0) is 49.3 Å². The van der Waals surface area contributed by atoms with Crippen LogP contribution in [0.4, 0.5) is 0 Å². The number of unbranched alkanes of at least 4 members (excludes halogenated alkanes) is 1. The third-order valence-electron chi connectivity index (χ3n) is 7.89. The van der Waals surface area contributed by atoms with Crippen molar-refractivity contribution in [2.45, 2.75) is 62.8 Å². The monoisotopic (exact) mass is 578 g/mol. The van der Waals surface area contributed by atoms with Crippen LogP contribution in [-0.2, 0) is 20.8 Å². The number of nitrogens with one attached hydrogen (secondary N) is 2. The summed E-state index contributed by atoms with van der Waals surface area (Å²) in [7, 11) is 1.56. The van der Waals surface area contributed by atoms with E-state index in [0.29, 0.717) is 49.8 Å². The third kappa shape index (κ3) is 7.16. The standard InChI is InChI=1S/C31H38N4O5S/c1-20-15-17-34(25(27(36)32-2)19-21-10-4-3-5-11-21)31(40)24(18-20)33-28(37)26(41)14-8-9-16-35-29(38)22-12-6-7-13-23(22)30(35)39/h3-7,10-13,20,24-26,41H,8-9,14-19H2,1-2H3,(H,32,36)(H,33,37)/t20-,24-,25-,26+/m0/s1. The molecule has 1 saturated heterocycles. The summed E-state index contributed by atoms with van der Waals surface area (Å²) in [5.41, 5.74) is 1.79. The van der Waals surface area contributed by atoms with Crippen LogP contribution in [0.25, 0.3) is 0 Å². The molecule has 0 aliphatic carbocycles. The zero-order valence-corrected chi connectivity index (χ0v) is 24.4. The van der Waals surface area contributed by atoms with E-state index in [0.717, 1.165) is 12.0 Å². The van der Waals surface area contributed by atoms with Crippen LogP contribution in [0.1, 0.15) is 65.3 Å². The van der Waals surface area contributed by atoms with Gasteiger partial charge in [0.1, 0.15) is 12.1 Å². The number of thiol groups is 1. The van der Waals surface area contributed by atoms with Crippen LogP contribution in [0.3, 0.4) is 0 Å². The summed E-state index contributed by atoms with van der Waals surface area (Å²) in [6, 6.07) is 14.9. The Morgan fingerprint density at radius 3 is 2.22 bits per heavy atom. The Morgan fingerprint density at radius 1 is 0.951 bits per heavy atom. The molecule has 5 amide bonds. The Kier molecular flexibility index (Phi) is 10.2. The Balaban J connectivity index is 1.33. The topological polar surface area (TPSA) is 116 Å². The molecule has 0 spiro atoms. The van der Waals surface area contributed by atoms with Gasteiger partial charge in [0, 0.05) is 26.6 Å². The van der Waals surface area contributed by atoms with Gasteiger partial charge < -0.3 is 15.5 Å². The van der Waals surface area contributed by atoms with Gasteiger partial charge in [-0.15, -0.1) is 0 Å². The number of imide groups is 1. The van der Waals surface area contributed by atoms with Crippen LogP contribution in [0, 0.1) is 5.92 Å². The predicted molar refractivity (Wildman–Crippen MR) is 158 cm³/mol. The van der Waals surface area contributed by atoms with Crippen LogP contribution in [0.5, 0.6) is 0 Å². The SMILES string of the molecule is CNC(=O)[C@H](Cc1ccccc1)N1CC[C@H](C)C[C@H](NC(=O)[C@H](S)CCCCN2C(=O)c3ccccc3C2=O)C1=O. The van der Waals surface area contributed by atoms with Crippen molar-refractivity contribution in [1.82, 2.24) is 20.4 Å². The Bertz CT molecular complexity index is 1250. The largest absolute Gasteiger partial charge is 0.357 e. The van der Waals surface area contributed by atoms with E-state index >= 15 is 0 Å². The van der Waals surface area contributed by atoms with Gasteiger partial charge in [-0.25, -0.2) is 0 Å². The van der Waals surface area contributed by atoms with Crippen molar-refractivity contribution in [3.8, 4) is 0 Å². The molecule has 0 bridgehead atoms. The molecule has 218 valence electrons. The maximum absolute atomic E-state index is 13.7. The average molecular weight is 579 g/mol. The Morgan fingerprint density at radius 2 is 1.59 bits per heavy atom. The highest BCUT2D eigenvalue weighted by Gasteiger charge is 2.38. The molecule has 2 heterocycles. The molecule has 2 N–H and O–H groups in total. The van der Waals surface area contributed by atoms with Crippen LogP contribution in [0.15, 0.2) is 54.6 Å². The number of nitrogens with zero attached hydrogens (tertiary/aromatic N) is 2. The van der Waals surface area contributed by atoms with Gasteiger partial charge >= 0.3 is 0 Å². The fraction of sp³-hybridized carbons (Fsp3) is 0.452. The van der Waals surface area contributed by atoms with Gasteiger partial charge in [0.05, 0.1) is 16.4 Å². The van der Waals surface area contributed by atoms with E-state index in [1.807, 2.05) is 37.3 Å². The lowest BCUT2D eigenvalue weighted by Gasteiger charge is -2.32. The molecule has 10 heteroatoms. The molecule has 2 aliphatic rings. The fourth-order valence-corrected chi connectivity index (χ4v) is 5.78. The lowest BCUT2D eigenvalue weighted by molar-refractivity contribution is -0.142. The van der Waals surface area contributed by atoms with E-state index < -0.39 is 17.3 Å². The number of amides is 5. The maximum Gasteiger partial charge on any atom is 0.261 e. The van der Waals surface area contributed by atoms with Crippen molar-refractivity contribution in [3.63, 3.8) is 0 Å². The molecular formula is C31H38N4O5S. The van der Waals surface area contributed by atoms with Crippen LogP contribution in [-0.4, -0.2) is 76.8 Å². The number of likely N-dealkylation sites (tertiary alicyclic amines) is 1. The number of fused-ring (bicyclic) bond motifs is 1.